The molecule has 2 N–H and O–H groups in total. The van der Waals surface area contributed by atoms with Gasteiger partial charge in [0.25, 0.3) is 10.0 Å². The molecule has 0 aliphatic rings. The summed E-state index contributed by atoms with van der Waals surface area (Å²) in [5.41, 5.74) is 0.976. The molecule has 0 aliphatic carbocycles. The number of aryl methyl sites for hydroxylation is 2. The molecule has 26 heavy (non-hydrogen) atoms. The standard InChI is InChI=1S/C16H16N4O4S2/c1-9-15(8-14(25-9)16-18-11(3)24-19-16)26(22,23)20-13-6-4-12(5-7-13)17-10(2)21/h4-8,20H,1-3H3,(H,17,21). The molecule has 0 saturated heterocycles. The molecule has 8 nitrogen and oxygen atoms in total. The van der Waals surface area contributed by atoms with E-state index in [1.165, 1.54) is 24.3 Å². The number of benzene rings is 1. The van der Waals surface area contributed by atoms with Crippen LogP contribution in [0, 0.1) is 13.8 Å². The van der Waals surface area contributed by atoms with Crippen molar-refractivity contribution in [3.63, 3.8) is 0 Å². The van der Waals surface area contributed by atoms with Crippen LogP contribution in [0.15, 0.2) is 39.8 Å². The summed E-state index contributed by atoms with van der Waals surface area (Å²) >= 11 is 1.28. The van der Waals surface area contributed by atoms with Gasteiger partial charge >= 0.3 is 0 Å². The molecule has 0 aliphatic heterocycles. The van der Waals surface area contributed by atoms with Crippen molar-refractivity contribution < 1.29 is 17.7 Å². The lowest BCUT2D eigenvalue weighted by atomic mass is 10.3. The molecule has 1 aromatic carbocycles. The number of carbonyl (C=O) groups excluding carboxylic acids is 1. The lowest BCUT2D eigenvalue weighted by Gasteiger charge is -2.08. The molecular weight excluding hydrogens is 376 g/mol. The van der Waals surface area contributed by atoms with Crippen molar-refractivity contribution in [1.82, 2.24) is 10.1 Å². The zero-order chi connectivity index (χ0) is 18.9. The highest BCUT2D eigenvalue weighted by Gasteiger charge is 2.22. The van der Waals surface area contributed by atoms with E-state index in [1.54, 1.807) is 38.1 Å². The summed E-state index contributed by atoms with van der Waals surface area (Å²) in [6.07, 6.45) is 0. The van der Waals surface area contributed by atoms with Crippen molar-refractivity contribution in [2.24, 2.45) is 0 Å². The van der Waals surface area contributed by atoms with Crippen LogP contribution < -0.4 is 10.0 Å². The molecule has 2 aromatic heterocycles. The first kappa shape index (κ1) is 18.1. The van der Waals surface area contributed by atoms with Gasteiger partial charge in [-0.25, -0.2) is 8.42 Å². The Morgan fingerprint density at radius 2 is 1.81 bits per heavy atom. The highest BCUT2D eigenvalue weighted by molar-refractivity contribution is 7.93. The average Bonchev–Trinajstić information content (AvgIpc) is 3.15. The van der Waals surface area contributed by atoms with Gasteiger partial charge in [-0.1, -0.05) is 5.16 Å². The number of carbonyl (C=O) groups is 1. The maximum Gasteiger partial charge on any atom is 0.263 e. The zero-order valence-electron chi connectivity index (χ0n) is 14.2. The van der Waals surface area contributed by atoms with Crippen LogP contribution in [-0.4, -0.2) is 24.5 Å². The number of nitrogens with zero attached hydrogens (tertiary/aromatic N) is 2. The number of thiophene rings is 1. The third-order valence-electron chi connectivity index (χ3n) is 3.37. The van der Waals surface area contributed by atoms with Gasteiger partial charge in [-0.05, 0) is 37.3 Å². The first-order valence-electron chi connectivity index (χ1n) is 7.56. The zero-order valence-corrected chi connectivity index (χ0v) is 15.9. The number of nitrogens with one attached hydrogen (secondary N) is 2. The third-order valence-corrected chi connectivity index (χ3v) is 6.05. The van der Waals surface area contributed by atoms with Gasteiger partial charge in [0.2, 0.25) is 17.6 Å². The van der Waals surface area contributed by atoms with Crippen molar-refractivity contribution in [2.45, 2.75) is 25.7 Å². The second-order valence-corrected chi connectivity index (χ2v) is 8.44. The summed E-state index contributed by atoms with van der Waals surface area (Å²) in [5, 5.41) is 6.44. The third kappa shape index (κ3) is 3.92. The Hall–Kier alpha value is -2.72. The number of sulfonamides is 1. The lowest BCUT2D eigenvalue weighted by molar-refractivity contribution is -0.114. The Morgan fingerprint density at radius 3 is 2.38 bits per heavy atom. The lowest BCUT2D eigenvalue weighted by Crippen LogP contribution is -2.13. The molecule has 1 amide bonds. The molecule has 10 heteroatoms. The fraction of sp³-hybridized carbons (Fsp3) is 0.188. The van der Waals surface area contributed by atoms with Crippen LogP contribution >= 0.6 is 11.3 Å². The van der Waals surface area contributed by atoms with Gasteiger partial charge in [0, 0.05) is 30.1 Å². The Morgan fingerprint density at radius 1 is 1.15 bits per heavy atom. The first-order chi connectivity index (χ1) is 12.2. The van der Waals surface area contributed by atoms with E-state index >= 15 is 0 Å². The Bertz CT molecular complexity index is 1050. The molecule has 0 atom stereocenters. The minimum atomic E-state index is -3.77. The van der Waals surface area contributed by atoms with E-state index in [2.05, 4.69) is 20.2 Å². The largest absolute Gasteiger partial charge is 0.339 e. The quantitative estimate of drug-likeness (QED) is 0.689. The molecule has 3 rings (SSSR count). The summed E-state index contributed by atoms with van der Waals surface area (Å²) in [6, 6.07) is 7.92. The summed E-state index contributed by atoms with van der Waals surface area (Å²) < 4.78 is 32.9. The fourth-order valence-electron chi connectivity index (χ4n) is 2.28. The van der Waals surface area contributed by atoms with Crippen molar-refractivity contribution in [3.8, 4) is 10.7 Å². The molecule has 0 unspecified atom stereocenters. The summed E-state index contributed by atoms with van der Waals surface area (Å²) in [5.74, 6) is 0.570. The normalized spacial score (nSPS) is 11.3. The van der Waals surface area contributed by atoms with Crippen LogP contribution in [0.1, 0.15) is 17.7 Å². The number of rotatable bonds is 5. The highest BCUT2D eigenvalue weighted by Crippen LogP contribution is 2.33. The van der Waals surface area contributed by atoms with Crippen molar-refractivity contribution in [2.75, 3.05) is 10.0 Å². The van der Waals surface area contributed by atoms with Gasteiger partial charge in [-0.2, -0.15) is 4.98 Å². The second kappa shape index (κ2) is 6.89. The monoisotopic (exact) mass is 392 g/mol. The van der Waals surface area contributed by atoms with E-state index in [0.29, 0.717) is 32.8 Å². The summed E-state index contributed by atoms with van der Waals surface area (Å²) in [6.45, 7) is 4.79. The first-order valence-corrected chi connectivity index (χ1v) is 9.86. The second-order valence-electron chi connectivity index (χ2n) is 5.53. The number of hydrogen-bond donors (Lipinski definition) is 2. The van der Waals surface area contributed by atoms with Gasteiger partial charge in [0.05, 0.1) is 4.88 Å². The summed E-state index contributed by atoms with van der Waals surface area (Å²) in [7, 11) is -3.77. The average molecular weight is 392 g/mol. The smallest absolute Gasteiger partial charge is 0.263 e. The van der Waals surface area contributed by atoms with E-state index in [4.69, 9.17) is 4.52 Å². The fourth-order valence-corrected chi connectivity index (χ4v) is 4.85. The van der Waals surface area contributed by atoms with Crippen LogP contribution in [0.4, 0.5) is 11.4 Å². The number of aromatic nitrogens is 2. The molecule has 2 heterocycles. The van der Waals surface area contributed by atoms with E-state index in [-0.39, 0.29) is 10.8 Å². The summed E-state index contributed by atoms with van der Waals surface area (Å²) in [4.78, 5) is 16.5. The predicted octanol–water partition coefficient (Wildman–Crippen LogP) is 3.17. The van der Waals surface area contributed by atoms with Crippen LogP contribution in [-0.2, 0) is 14.8 Å². The maximum atomic E-state index is 12.7. The van der Waals surface area contributed by atoms with Crippen LogP contribution in [0.5, 0.6) is 0 Å². The Kier molecular flexibility index (Phi) is 4.79. The minimum absolute atomic E-state index is 0.158. The van der Waals surface area contributed by atoms with E-state index in [9.17, 15) is 13.2 Å². The molecule has 0 bridgehead atoms. The number of anilines is 2. The molecular formula is C16H16N4O4S2. The SMILES string of the molecule is CC(=O)Nc1ccc(NS(=O)(=O)c2cc(-c3noc(C)n3)sc2C)cc1. The van der Waals surface area contributed by atoms with Gasteiger partial charge in [0.1, 0.15) is 4.90 Å². The van der Waals surface area contributed by atoms with Gasteiger partial charge in [0.15, 0.2) is 0 Å². The van der Waals surface area contributed by atoms with Crippen LogP contribution in [0.3, 0.4) is 0 Å². The van der Waals surface area contributed by atoms with E-state index < -0.39 is 10.0 Å². The molecule has 136 valence electrons. The molecule has 0 saturated carbocycles. The Balaban J connectivity index is 1.84. The molecule has 3 aromatic rings. The number of amides is 1. The molecule has 0 radical (unpaired) electrons. The molecule has 0 fully saturated rings. The van der Waals surface area contributed by atoms with Crippen LogP contribution in [0.25, 0.3) is 10.7 Å². The van der Waals surface area contributed by atoms with Gasteiger partial charge in [-0.15, -0.1) is 11.3 Å². The number of hydrogen-bond acceptors (Lipinski definition) is 7. The Labute approximate surface area is 154 Å². The maximum absolute atomic E-state index is 12.7. The molecule has 0 spiro atoms. The minimum Gasteiger partial charge on any atom is -0.339 e. The van der Waals surface area contributed by atoms with Gasteiger partial charge < -0.3 is 9.84 Å². The van der Waals surface area contributed by atoms with E-state index in [0.717, 1.165) is 0 Å². The van der Waals surface area contributed by atoms with Crippen LogP contribution in [0.2, 0.25) is 0 Å². The predicted molar refractivity (Wildman–Crippen MR) is 98.6 cm³/mol. The van der Waals surface area contributed by atoms with Crippen molar-refractivity contribution in [1.29, 1.82) is 0 Å². The highest BCUT2D eigenvalue weighted by atomic mass is 32.2. The van der Waals surface area contributed by atoms with Crippen molar-refractivity contribution >= 4 is 38.6 Å². The van der Waals surface area contributed by atoms with Crippen molar-refractivity contribution in [3.05, 3.63) is 41.1 Å². The van der Waals surface area contributed by atoms with Gasteiger partial charge in [-0.3, -0.25) is 9.52 Å². The topological polar surface area (TPSA) is 114 Å². The van der Waals surface area contributed by atoms with E-state index in [1.807, 2.05) is 0 Å².